The Hall–Kier alpha value is -2.83. The lowest BCUT2D eigenvalue weighted by atomic mass is 10.1. The van der Waals surface area contributed by atoms with E-state index in [0.29, 0.717) is 5.95 Å². The second-order valence-corrected chi connectivity index (χ2v) is 7.09. The Kier molecular flexibility index (Phi) is 5.37. The summed E-state index contributed by atoms with van der Waals surface area (Å²) in [6.45, 7) is 5.34. The van der Waals surface area contributed by atoms with Crippen molar-refractivity contribution in [2.45, 2.75) is 19.3 Å². The molecule has 0 saturated carbocycles. The van der Waals surface area contributed by atoms with Gasteiger partial charge in [0.25, 0.3) is 0 Å². The maximum Gasteiger partial charge on any atom is 0.229 e. The van der Waals surface area contributed by atoms with Crippen LogP contribution in [0.2, 0.25) is 0 Å². The molecule has 2 saturated heterocycles. The highest BCUT2D eigenvalue weighted by Gasteiger charge is 2.17. The zero-order valence-electron chi connectivity index (χ0n) is 15.5. The number of nitrogens with zero attached hydrogens (tertiary/aromatic N) is 5. The Balaban J connectivity index is 1.40. The van der Waals surface area contributed by atoms with Gasteiger partial charge in [0.2, 0.25) is 12.4 Å². The summed E-state index contributed by atoms with van der Waals surface area (Å²) in [6, 6.07) is 10.4. The van der Waals surface area contributed by atoms with E-state index in [9.17, 15) is 4.79 Å². The van der Waals surface area contributed by atoms with Gasteiger partial charge in [0.15, 0.2) is 0 Å². The molecule has 0 unspecified atom stereocenters. The highest BCUT2D eigenvalue weighted by atomic mass is 16.1. The van der Waals surface area contributed by atoms with E-state index in [1.54, 1.807) is 11.1 Å². The highest BCUT2D eigenvalue weighted by molar-refractivity contribution is 5.60. The van der Waals surface area contributed by atoms with Crippen molar-refractivity contribution in [2.75, 3.05) is 54.4 Å². The molecular weight excluding hydrogens is 340 g/mol. The number of amides is 1. The van der Waals surface area contributed by atoms with Crippen molar-refractivity contribution in [2.24, 2.45) is 0 Å². The quantitative estimate of drug-likeness (QED) is 0.821. The molecule has 1 aromatic carbocycles. The second kappa shape index (κ2) is 8.24. The van der Waals surface area contributed by atoms with Crippen molar-refractivity contribution in [3.05, 3.63) is 36.5 Å². The maximum atomic E-state index is 10.9. The van der Waals surface area contributed by atoms with Crippen LogP contribution in [-0.2, 0) is 4.79 Å². The molecular formula is C20H26N6O. The third kappa shape index (κ3) is 4.30. The number of carbonyl (C=O) groups excluding carboxylic acids is 1. The average molecular weight is 366 g/mol. The number of hydrogen-bond acceptors (Lipinski definition) is 6. The summed E-state index contributed by atoms with van der Waals surface area (Å²) in [5, 5.41) is 3.30. The third-order valence-corrected chi connectivity index (χ3v) is 5.27. The van der Waals surface area contributed by atoms with Gasteiger partial charge in [-0.15, -0.1) is 0 Å². The molecule has 27 heavy (non-hydrogen) atoms. The van der Waals surface area contributed by atoms with Gasteiger partial charge in [-0.3, -0.25) is 4.79 Å². The Bertz CT molecular complexity index is 751. The fourth-order valence-electron chi connectivity index (χ4n) is 3.68. The van der Waals surface area contributed by atoms with Crippen LogP contribution in [0.15, 0.2) is 36.5 Å². The van der Waals surface area contributed by atoms with E-state index in [1.807, 2.05) is 6.07 Å². The molecule has 3 heterocycles. The second-order valence-electron chi connectivity index (χ2n) is 7.09. The van der Waals surface area contributed by atoms with Crippen molar-refractivity contribution in [3.63, 3.8) is 0 Å². The SMILES string of the molecule is O=CN1CCN(c2ccnc(Nc3ccc(N4CCCCC4)cc3)n2)CC1. The van der Waals surface area contributed by atoms with Gasteiger partial charge in [-0.25, -0.2) is 4.98 Å². The molecule has 4 rings (SSSR count). The molecule has 2 aliphatic heterocycles. The smallest absolute Gasteiger partial charge is 0.229 e. The molecule has 0 atom stereocenters. The first kappa shape index (κ1) is 17.6. The van der Waals surface area contributed by atoms with Crippen molar-refractivity contribution >= 4 is 29.6 Å². The predicted octanol–water partition coefficient (Wildman–Crippen LogP) is 2.49. The fraction of sp³-hybridized carbons (Fsp3) is 0.450. The summed E-state index contributed by atoms with van der Waals surface area (Å²) in [5.74, 6) is 1.49. The number of aromatic nitrogens is 2. The molecule has 2 aliphatic rings. The molecule has 142 valence electrons. The van der Waals surface area contributed by atoms with Gasteiger partial charge in [-0.1, -0.05) is 0 Å². The molecule has 1 amide bonds. The first-order chi connectivity index (χ1) is 13.3. The molecule has 0 spiro atoms. The maximum absolute atomic E-state index is 10.9. The summed E-state index contributed by atoms with van der Waals surface area (Å²) in [5.41, 5.74) is 2.27. The Morgan fingerprint density at radius 1 is 0.852 bits per heavy atom. The van der Waals surface area contributed by atoms with Crippen LogP contribution >= 0.6 is 0 Å². The van der Waals surface area contributed by atoms with Crippen molar-refractivity contribution in [1.82, 2.24) is 14.9 Å². The van der Waals surface area contributed by atoms with Gasteiger partial charge in [0, 0.05) is 56.8 Å². The molecule has 7 nitrogen and oxygen atoms in total. The molecule has 7 heteroatoms. The van der Waals surface area contributed by atoms with Crippen LogP contribution < -0.4 is 15.1 Å². The average Bonchev–Trinajstić information content (AvgIpc) is 2.75. The monoisotopic (exact) mass is 366 g/mol. The topological polar surface area (TPSA) is 64.6 Å². The van der Waals surface area contributed by atoms with E-state index >= 15 is 0 Å². The van der Waals surface area contributed by atoms with Gasteiger partial charge in [-0.2, -0.15) is 4.98 Å². The minimum absolute atomic E-state index is 0.594. The Morgan fingerprint density at radius 3 is 2.30 bits per heavy atom. The normalized spacial score (nSPS) is 17.7. The Morgan fingerprint density at radius 2 is 1.59 bits per heavy atom. The Labute approximate surface area is 160 Å². The summed E-state index contributed by atoms with van der Waals surface area (Å²) >= 11 is 0. The zero-order valence-corrected chi connectivity index (χ0v) is 15.5. The van der Waals surface area contributed by atoms with E-state index in [-0.39, 0.29) is 0 Å². The number of benzene rings is 1. The minimum Gasteiger partial charge on any atom is -0.372 e. The first-order valence-corrected chi connectivity index (χ1v) is 9.71. The van der Waals surface area contributed by atoms with Gasteiger partial charge in [0.1, 0.15) is 5.82 Å². The van der Waals surface area contributed by atoms with Gasteiger partial charge in [0.05, 0.1) is 0 Å². The molecule has 0 radical (unpaired) electrons. The van der Waals surface area contributed by atoms with E-state index in [0.717, 1.165) is 57.2 Å². The van der Waals surface area contributed by atoms with Crippen molar-refractivity contribution in [1.29, 1.82) is 0 Å². The van der Waals surface area contributed by atoms with E-state index in [2.05, 4.69) is 49.4 Å². The van der Waals surface area contributed by atoms with E-state index in [4.69, 9.17) is 0 Å². The van der Waals surface area contributed by atoms with E-state index < -0.39 is 0 Å². The summed E-state index contributed by atoms with van der Waals surface area (Å²) in [6.07, 6.45) is 6.59. The van der Waals surface area contributed by atoms with Crippen LogP contribution in [0.1, 0.15) is 19.3 Å². The molecule has 2 aromatic rings. The molecule has 0 bridgehead atoms. The molecule has 2 fully saturated rings. The van der Waals surface area contributed by atoms with Crippen LogP contribution in [-0.4, -0.2) is 60.5 Å². The lowest BCUT2D eigenvalue weighted by Crippen LogP contribution is -2.46. The van der Waals surface area contributed by atoms with Crippen LogP contribution in [0.3, 0.4) is 0 Å². The van der Waals surface area contributed by atoms with Gasteiger partial charge < -0.3 is 20.0 Å². The number of anilines is 4. The molecule has 0 aliphatic carbocycles. The third-order valence-electron chi connectivity index (χ3n) is 5.27. The van der Waals surface area contributed by atoms with E-state index in [1.165, 1.54) is 24.9 Å². The predicted molar refractivity (Wildman–Crippen MR) is 108 cm³/mol. The van der Waals surface area contributed by atoms with Crippen LogP contribution in [0, 0.1) is 0 Å². The van der Waals surface area contributed by atoms with Crippen LogP contribution in [0.25, 0.3) is 0 Å². The molecule has 1 aromatic heterocycles. The van der Waals surface area contributed by atoms with Crippen LogP contribution in [0.4, 0.5) is 23.1 Å². The number of nitrogens with one attached hydrogen (secondary N) is 1. The first-order valence-electron chi connectivity index (χ1n) is 9.71. The number of rotatable bonds is 5. The minimum atomic E-state index is 0.594. The zero-order chi connectivity index (χ0) is 18.5. The molecule has 1 N–H and O–H groups in total. The van der Waals surface area contributed by atoms with Crippen molar-refractivity contribution < 1.29 is 4.79 Å². The van der Waals surface area contributed by atoms with Crippen molar-refractivity contribution in [3.8, 4) is 0 Å². The largest absolute Gasteiger partial charge is 0.372 e. The number of piperazine rings is 1. The summed E-state index contributed by atoms with van der Waals surface area (Å²) in [7, 11) is 0. The van der Waals surface area contributed by atoms with Gasteiger partial charge >= 0.3 is 0 Å². The highest BCUT2D eigenvalue weighted by Crippen LogP contribution is 2.23. The standard InChI is InChI=1S/C20H26N6O/c27-16-24-12-14-26(15-13-24)19-8-9-21-20(23-19)22-17-4-6-18(7-5-17)25-10-2-1-3-11-25/h4-9,16H,1-3,10-15H2,(H,21,22,23). The van der Waals surface area contributed by atoms with Gasteiger partial charge in [-0.05, 0) is 49.6 Å². The number of hydrogen-bond donors (Lipinski definition) is 1. The van der Waals surface area contributed by atoms with Crippen LogP contribution in [0.5, 0.6) is 0 Å². The lowest BCUT2D eigenvalue weighted by Gasteiger charge is -2.33. The number of piperidine rings is 1. The summed E-state index contributed by atoms with van der Waals surface area (Å²) in [4.78, 5) is 26.3. The summed E-state index contributed by atoms with van der Waals surface area (Å²) < 4.78 is 0. The fourth-order valence-corrected chi connectivity index (χ4v) is 3.68. The lowest BCUT2D eigenvalue weighted by molar-refractivity contribution is -0.118. The number of carbonyl (C=O) groups is 1.